The Morgan fingerprint density at radius 2 is 1.61 bits per heavy atom. The maximum absolute atomic E-state index is 12.0. The van der Waals surface area contributed by atoms with Gasteiger partial charge < -0.3 is 4.90 Å². The third kappa shape index (κ3) is 5.35. The molecule has 0 aliphatic heterocycles. The second kappa shape index (κ2) is 8.73. The maximum Gasteiger partial charge on any atom is 0.253 e. The summed E-state index contributed by atoms with van der Waals surface area (Å²) in [7, 11) is 1.89. The highest BCUT2D eigenvalue weighted by Crippen LogP contribution is 2.07. The van der Waals surface area contributed by atoms with Gasteiger partial charge in [-0.1, -0.05) is 57.2 Å². The molecule has 0 N–H and O–H groups in total. The van der Waals surface area contributed by atoms with Crippen LogP contribution in [-0.2, 0) is 0 Å². The predicted octanol–water partition coefficient (Wildman–Crippen LogP) is 4.12. The van der Waals surface area contributed by atoms with E-state index in [9.17, 15) is 4.79 Å². The predicted molar refractivity (Wildman–Crippen MR) is 76.8 cm³/mol. The molecule has 0 saturated carbocycles. The standard InChI is InChI=1S/C16H25NO/c1-3-4-5-6-7-11-14-17(2)16(18)15-12-9-8-10-13-15/h8-10,12-13H,3-7,11,14H2,1-2H3. The second-order valence-corrected chi connectivity index (χ2v) is 4.86. The van der Waals surface area contributed by atoms with Crippen molar-refractivity contribution in [2.24, 2.45) is 0 Å². The zero-order valence-corrected chi connectivity index (χ0v) is 11.7. The number of unbranched alkanes of at least 4 members (excludes halogenated alkanes) is 5. The lowest BCUT2D eigenvalue weighted by atomic mass is 10.1. The van der Waals surface area contributed by atoms with Crippen LogP contribution in [-0.4, -0.2) is 24.4 Å². The summed E-state index contributed by atoms with van der Waals surface area (Å²) in [6, 6.07) is 9.50. The number of hydrogen-bond donors (Lipinski definition) is 0. The molecule has 0 heterocycles. The van der Waals surface area contributed by atoms with Crippen LogP contribution in [0, 0.1) is 0 Å². The summed E-state index contributed by atoms with van der Waals surface area (Å²) in [4.78, 5) is 13.9. The maximum atomic E-state index is 12.0. The van der Waals surface area contributed by atoms with Gasteiger partial charge in [0.1, 0.15) is 0 Å². The molecule has 0 fully saturated rings. The summed E-state index contributed by atoms with van der Waals surface area (Å²) in [5.41, 5.74) is 0.783. The molecule has 1 amide bonds. The average molecular weight is 247 g/mol. The third-order valence-electron chi connectivity index (χ3n) is 3.21. The topological polar surface area (TPSA) is 20.3 Å². The largest absolute Gasteiger partial charge is 0.342 e. The first-order valence-electron chi connectivity index (χ1n) is 7.06. The van der Waals surface area contributed by atoms with Gasteiger partial charge in [-0.05, 0) is 18.6 Å². The Balaban J connectivity index is 2.20. The third-order valence-corrected chi connectivity index (χ3v) is 3.21. The zero-order chi connectivity index (χ0) is 13.2. The smallest absolute Gasteiger partial charge is 0.253 e. The molecular formula is C16H25NO. The molecule has 100 valence electrons. The average Bonchev–Trinajstić information content (AvgIpc) is 2.42. The molecule has 0 spiro atoms. The van der Waals surface area contributed by atoms with Gasteiger partial charge in [-0.15, -0.1) is 0 Å². The minimum atomic E-state index is 0.129. The van der Waals surface area contributed by atoms with Crippen LogP contribution in [0.3, 0.4) is 0 Å². The van der Waals surface area contributed by atoms with E-state index >= 15 is 0 Å². The minimum absolute atomic E-state index is 0.129. The van der Waals surface area contributed by atoms with E-state index in [2.05, 4.69) is 6.92 Å². The first-order valence-corrected chi connectivity index (χ1v) is 7.06. The number of carbonyl (C=O) groups excluding carboxylic acids is 1. The Kier molecular flexibility index (Phi) is 7.16. The van der Waals surface area contributed by atoms with Crippen molar-refractivity contribution in [1.82, 2.24) is 4.90 Å². The quantitative estimate of drug-likeness (QED) is 0.633. The summed E-state index contributed by atoms with van der Waals surface area (Å²) >= 11 is 0. The van der Waals surface area contributed by atoms with Crippen LogP contribution in [0.2, 0.25) is 0 Å². The zero-order valence-electron chi connectivity index (χ0n) is 11.7. The molecule has 18 heavy (non-hydrogen) atoms. The van der Waals surface area contributed by atoms with E-state index in [0.29, 0.717) is 0 Å². The molecule has 1 aromatic carbocycles. The van der Waals surface area contributed by atoms with Gasteiger partial charge in [0.2, 0.25) is 0 Å². The van der Waals surface area contributed by atoms with Crippen molar-refractivity contribution in [2.75, 3.05) is 13.6 Å². The summed E-state index contributed by atoms with van der Waals surface area (Å²) in [6.07, 6.45) is 7.57. The molecule has 2 nitrogen and oxygen atoms in total. The van der Waals surface area contributed by atoms with Gasteiger partial charge in [0, 0.05) is 19.2 Å². The minimum Gasteiger partial charge on any atom is -0.342 e. The molecule has 1 aromatic rings. The van der Waals surface area contributed by atoms with Crippen LogP contribution in [0.5, 0.6) is 0 Å². The Morgan fingerprint density at radius 1 is 1.00 bits per heavy atom. The van der Waals surface area contributed by atoms with Gasteiger partial charge in [0.05, 0.1) is 0 Å². The van der Waals surface area contributed by atoms with Gasteiger partial charge in [-0.25, -0.2) is 0 Å². The fourth-order valence-corrected chi connectivity index (χ4v) is 2.03. The van der Waals surface area contributed by atoms with Crippen molar-refractivity contribution >= 4 is 5.91 Å². The van der Waals surface area contributed by atoms with Gasteiger partial charge in [0.15, 0.2) is 0 Å². The summed E-state index contributed by atoms with van der Waals surface area (Å²) in [5, 5.41) is 0. The number of rotatable bonds is 8. The Hall–Kier alpha value is -1.31. The van der Waals surface area contributed by atoms with Crippen LogP contribution < -0.4 is 0 Å². The Bertz CT molecular complexity index is 334. The fourth-order valence-electron chi connectivity index (χ4n) is 2.03. The normalized spacial score (nSPS) is 10.3. The molecule has 0 aliphatic carbocycles. The van der Waals surface area contributed by atoms with E-state index in [1.165, 1.54) is 32.1 Å². The van der Waals surface area contributed by atoms with E-state index in [4.69, 9.17) is 0 Å². The molecule has 2 heteroatoms. The van der Waals surface area contributed by atoms with E-state index in [1.54, 1.807) is 0 Å². The number of carbonyl (C=O) groups is 1. The van der Waals surface area contributed by atoms with Crippen LogP contribution in [0.4, 0.5) is 0 Å². The van der Waals surface area contributed by atoms with Crippen LogP contribution >= 0.6 is 0 Å². The van der Waals surface area contributed by atoms with Crippen molar-refractivity contribution in [3.05, 3.63) is 35.9 Å². The van der Waals surface area contributed by atoms with Gasteiger partial charge in [-0.2, -0.15) is 0 Å². The summed E-state index contributed by atoms with van der Waals surface area (Å²) in [5.74, 6) is 0.129. The van der Waals surface area contributed by atoms with Gasteiger partial charge >= 0.3 is 0 Å². The number of hydrogen-bond acceptors (Lipinski definition) is 1. The van der Waals surface area contributed by atoms with Gasteiger partial charge in [-0.3, -0.25) is 4.79 Å². The molecular weight excluding hydrogens is 222 g/mol. The molecule has 0 bridgehead atoms. The van der Waals surface area contributed by atoms with Crippen LogP contribution in [0.25, 0.3) is 0 Å². The first-order chi connectivity index (χ1) is 8.75. The van der Waals surface area contributed by atoms with Crippen molar-refractivity contribution in [3.63, 3.8) is 0 Å². The molecule has 0 aliphatic rings. The second-order valence-electron chi connectivity index (χ2n) is 4.86. The molecule has 0 atom stereocenters. The van der Waals surface area contributed by atoms with E-state index in [-0.39, 0.29) is 5.91 Å². The van der Waals surface area contributed by atoms with Crippen molar-refractivity contribution in [1.29, 1.82) is 0 Å². The first kappa shape index (κ1) is 14.7. The molecule has 0 radical (unpaired) electrons. The van der Waals surface area contributed by atoms with Crippen molar-refractivity contribution < 1.29 is 4.79 Å². The molecule has 0 unspecified atom stereocenters. The lowest BCUT2D eigenvalue weighted by Gasteiger charge is -2.17. The summed E-state index contributed by atoms with van der Waals surface area (Å²) in [6.45, 7) is 3.09. The van der Waals surface area contributed by atoms with Crippen LogP contribution in [0.15, 0.2) is 30.3 Å². The Morgan fingerprint density at radius 3 is 2.28 bits per heavy atom. The lowest BCUT2D eigenvalue weighted by Crippen LogP contribution is -2.27. The highest BCUT2D eigenvalue weighted by molar-refractivity contribution is 5.93. The van der Waals surface area contributed by atoms with Gasteiger partial charge in [0.25, 0.3) is 5.91 Å². The van der Waals surface area contributed by atoms with Crippen molar-refractivity contribution in [2.45, 2.75) is 45.4 Å². The molecule has 0 saturated heterocycles. The molecule has 0 aromatic heterocycles. The summed E-state index contributed by atoms with van der Waals surface area (Å²) < 4.78 is 0. The highest BCUT2D eigenvalue weighted by atomic mass is 16.2. The van der Waals surface area contributed by atoms with E-state index in [0.717, 1.165) is 18.5 Å². The lowest BCUT2D eigenvalue weighted by molar-refractivity contribution is 0.0792. The SMILES string of the molecule is CCCCCCCCN(C)C(=O)c1ccccc1. The number of amides is 1. The van der Waals surface area contributed by atoms with Crippen LogP contribution in [0.1, 0.15) is 55.8 Å². The highest BCUT2D eigenvalue weighted by Gasteiger charge is 2.09. The number of nitrogens with zero attached hydrogens (tertiary/aromatic N) is 1. The Labute approximate surface area is 111 Å². The number of benzene rings is 1. The monoisotopic (exact) mass is 247 g/mol. The van der Waals surface area contributed by atoms with E-state index < -0.39 is 0 Å². The van der Waals surface area contributed by atoms with Crippen molar-refractivity contribution in [3.8, 4) is 0 Å². The van der Waals surface area contributed by atoms with E-state index in [1.807, 2.05) is 42.3 Å². The fraction of sp³-hybridized carbons (Fsp3) is 0.562. The molecule has 1 rings (SSSR count).